The molecule has 6 nitrogen and oxygen atoms in total. The number of sulfonamides is 1. The number of pyridine rings is 1. The van der Waals surface area contributed by atoms with Gasteiger partial charge in [-0.2, -0.15) is 20.7 Å². The number of aromatic nitrogens is 1. The Hall–Kier alpha value is -1.77. The first-order valence-corrected chi connectivity index (χ1v) is 9.23. The summed E-state index contributed by atoms with van der Waals surface area (Å²) < 4.78 is 26.0. The Bertz CT molecular complexity index is 706. The van der Waals surface area contributed by atoms with Crippen molar-refractivity contribution in [2.24, 2.45) is 5.10 Å². The van der Waals surface area contributed by atoms with E-state index in [0.29, 0.717) is 18.9 Å². The maximum atomic E-state index is 12.3. The van der Waals surface area contributed by atoms with Crippen molar-refractivity contribution >= 4 is 33.4 Å². The molecule has 0 bridgehead atoms. The predicted molar refractivity (Wildman–Crippen MR) is 89.9 cm³/mol. The van der Waals surface area contributed by atoms with Gasteiger partial charge in [0.05, 0.1) is 6.21 Å². The van der Waals surface area contributed by atoms with E-state index in [9.17, 15) is 8.42 Å². The van der Waals surface area contributed by atoms with Crippen LogP contribution >= 0.6 is 11.3 Å². The average Bonchev–Trinajstić information content (AvgIpc) is 3.02. The quantitative estimate of drug-likeness (QED) is 0.622. The number of hydrogen-bond acceptors (Lipinski definition) is 6. The van der Waals surface area contributed by atoms with Gasteiger partial charge in [-0.3, -0.25) is 5.43 Å². The lowest BCUT2D eigenvalue weighted by Crippen LogP contribution is -2.30. The Morgan fingerprint density at radius 1 is 1.32 bits per heavy atom. The Balaban J connectivity index is 2.07. The number of nitrogens with zero attached hydrogens (tertiary/aromatic N) is 3. The van der Waals surface area contributed by atoms with E-state index in [0.717, 1.165) is 5.56 Å². The van der Waals surface area contributed by atoms with Crippen LogP contribution in [0.5, 0.6) is 0 Å². The molecule has 0 saturated heterocycles. The van der Waals surface area contributed by atoms with Crippen molar-refractivity contribution in [3.05, 3.63) is 40.7 Å². The minimum absolute atomic E-state index is 0.184. The molecule has 0 aromatic carbocycles. The van der Waals surface area contributed by atoms with Crippen LogP contribution in [0.3, 0.4) is 0 Å². The van der Waals surface area contributed by atoms with Crippen LogP contribution in [0.1, 0.15) is 19.4 Å². The number of nitrogens with one attached hydrogen (secondary N) is 1. The molecule has 22 heavy (non-hydrogen) atoms. The SMILES string of the molecule is CCN(CC)S(=O)(=O)c1ccc(N/N=C/c2ccsc2)nc1. The van der Waals surface area contributed by atoms with Gasteiger partial charge in [-0.05, 0) is 29.0 Å². The fraction of sp³-hybridized carbons (Fsp3) is 0.286. The molecule has 0 radical (unpaired) electrons. The number of rotatable bonds is 7. The normalized spacial score (nSPS) is 12.1. The van der Waals surface area contributed by atoms with Gasteiger partial charge in [-0.1, -0.05) is 13.8 Å². The largest absolute Gasteiger partial charge is 0.261 e. The summed E-state index contributed by atoms with van der Waals surface area (Å²) in [5, 5.41) is 7.99. The zero-order valence-corrected chi connectivity index (χ0v) is 14.1. The van der Waals surface area contributed by atoms with Crippen LogP contribution in [-0.4, -0.2) is 37.0 Å². The van der Waals surface area contributed by atoms with Gasteiger partial charge < -0.3 is 0 Å². The smallest absolute Gasteiger partial charge is 0.244 e. The zero-order valence-electron chi connectivity index (χ0n) is 12.4. The van der Waals surface area contributed by atoms with Gasteiger partial charge in [0.25, 0.3) is 0 Å². The number of hydrazone groups is 1. The van der Waals surface area contributed by atoms with E-state index < -0.39 is 10.0 Å². The third-order valence-electron chi connectivity index (χ3n) is 3.02. The van der Waals surface area contributed by atoms with Crippen LogP contribution in [0.4, 0.5) is 5.82 Å². The van der Waals surface area contributed by atoms with Gasteiger partial charge >= 0.3 is 0 Å². The van der Waals surface area contributed by atoms with E-state index in [4.69, 9.17) is 0 Å². The Kier molecular flexibility index (Phi) is 5.64. The van der Waals surface area contributed by atoms with Gasteiger partial charge in [0, 0.05) is 24.8 Å². The first-order chi connectivity index (χ1) is 10.6. The molecule has 0 unspecified atom stereocenters. The van der Waals surface area contributed by atoms with Crippen LogP contribution in [0.15, 0.2) is 45.2 Å². The van der Waals surface area contributed by atoms with Crippen molar-refractivity contribution in [1.82, 2.24) is 9.29 Å². The zero-order chi connectivity index (χ0) is 16.0. The summed E-state index contributed by atoms with van der Waals surface area (Å²) in [4.78, 5) is 4.27. The van der Waals surface area contributed by atoms with Gasteiger partial charge in [0.1, 0.15) is 10.7 Å². The van der Waals surface area contributed by atoms with Crippen molar-refractivity contribution in [2.75, 3.05) is 18.5 Å². The fourth-order valence-electron chi connectivity index (χ4n) is 1.83. The fourth-order valence-corrected chi connectivity index (χ4v) is 3.85. The van der Waals surface area contributed by atoms with E-state index >= 15 is 0 Å². The Morgan fingerprint density at radius 2 is 2.09 bits per heavy atom. The number of anilines is 1. The summed E-state index contributed by atoms with van der Waals surface area (Å²) in [6, 6.07) is 5.08. The lowest BCUT2D eigenvalue weighted by Gasteiger charge is -2.18. The molecule has 8 heteroatoms. The summed E-state index contributed by atoms with van der Waals surface area (Å²) in [5.74, 6) is 0.491. The van der Waals surface area contributed by atoms with Gasteiger partial charge in [-0.25, -0.2) is 13.4 Å². The molecule has 0 aliphatic heterocycles. The van der Waals surface area contributed by atoms with E-state index in [2.05, 4.69) is 15.5 Å². The molecule has 0 atom stereocenters. The van der Waals surface area contributed by atoms with E-state index in [1.165, 1.54) is 16.6 Å². The van der Waals surface area contributed by atoms with Crippen LogP contribution < -0.4 is 5.43 Å². The second-order valence-electron chi connectivity index (χ2n) is 4.40. The standard InChI is InChI=1S/C14H18N4O2S2/c1-3-18(4-2)22(19,20)13-5-6-14(15-10-13)17-16-9-12-7-8-21-11-12/h5-11H,3-4H2,1-2H3,(H,15,17)/b16-9+. The molecule has 0 amide bonds. The molecule has 118 valence electrons. The molecule has 0 fully saturated rings. The second kappa shape index (κ2) is 7.48. The molecule has 0 aliphatic rings. The predicted octanol–water partition coefficient (Wildman–Crippen LogP) is 2.62. The third-order valence-corrected chi connectivity index (χ3v) is 5.75. The molecule has 0 saturated carbocycles. The lowest BCUT2D eigenvalue weighted by atomic mass is 10.4. The summed E-state index contributed by atoms with van der Waals surface area (Å²) in [6.45, 7) is 4.49. The maximum absolute atomic E-state index is 12.3. The van der Waals surface area contributed by atoms with Gasteiger partial charge in [0.15, 0.2) is 0 Å². The molecular weight excluding hydrogens is 320 g/mol. The highest BCUT2D eigenvalue weighted by Crippen LogP contribution is 2.16. The topological polar surface area (TPSA) is 74.7 Å². The lowest BCUT2D eigenvalue weighted by molar-refractivity contribution is 0.445. The molecule has 0 spiro atoms. The van der Waals surface area contributed by atoms with Crippen LogP contribution in [0, 0.1) is 0 Å². The number of thiophene rings is 1. The third kappa shape index (κ3) is 3.90. The summed E-state index contributed by atoms with van der Waals surface area (Å²) >= 11 is 1.59. The van der Waals surface area contributed by atoms with Crippen LogP contribution in [0.25, 0.3) is 0 Å². The molecule has 2 heterocycles. The van der Waals surface area contributed by atoms with E-state index in [1.807, 2.05) is 30.7 Å². The molecule has 2 rings (SSSR count). The molecule has 0 aliphatic carbocycles. The summed E-state index contributed by atoms with van der Waals surface area (Å²) in [7, 11) is -3.47. The summed E-state index contributed by atoms with van der Waals surface area (Å²) in [5.41, 5.74) is 3.77. The molecular formula is C14H18N4O2S2. The highest BCUT2D eigenvalue weighted by molar-refractivity contribution is 7.89. The monoisotopic (exact) mass is 338 g/mol. The first-order valence-electron chi connectivity index (χ1n) is 6.85. The molecule has 2 aromatic heterocycles. The summed E-state index contributed by atoms with van der Waals surface area (Å²) in [6.07, 6.45) is 3.02. The minimum atomic E-state index is -3.47. The van der Waals surface area contributed by atoms with Crippen molar-refractivity contribution in [3.8, 4) is 0 Å². The van der Waals surface area contributed by atoms with Gasteiger partial charge in [-0.15, -0.1) is 0 Å². The Morgan fingerprint density at radius 3 is 2.64 bits per heavy atom. The Labute approximate surface area is 134 Å². The van der Waals surface area contributed by atoms with Crippen LogP contribution in [-0.2, 0) is 10.0 Å². The van der Waals surface area contributed by atoms with Crippen molar-refractivity contribution < 1.29 is 8.42 Å². The maximum Gasteiger partial charge on any atom is 0.244 e. The van der Waals surface area contributed by atoms with Crippen molar-refractivity contribution in [1.29, 1.82) is 0 Å². The first kappa shape index (κ1) is 16.6. The molecule has 2 aromatic rings. The van der Waals surface area contributed by atoms with E-state index in [-0.39, 0.29) is 4.90 Å². The van der Waals surface area contributed by atoms with Crippen LogP contribution in [0.2, 0.25) is 0 Å². The molecule has 1 N–H and O–H groups in total. The highest BCUT2D eigenvalue weighted by atomic mass is 32.2. The van der Waals surface area contributed by atoms with Gasteiger partial charge in [0.2, 0.25) is 10.0 Å². The highest BCUT2D eigenvalue weighted by Gasteiger charge is 2.21. The van der Waals surface area contributed by atoms with Crippen molar-refractivity contribution in [3.63, 3.8) is 0 Å². The average molecular weight is 338 g/mol. The second-order valence-corrected chi connectivity index (χ2v) is 7.11. The number of hydrogen-bond donors (Lipinski definition) is 1. The van der Waals surface area contributed by atoms with E-state index in [1.54, 1.807) is 23.6 Å². The van der Waals surface area contributed by atoms with Crippen molar-refractivity contribution in [2.45, 2.75) is 18.7 Å². The minimum Gasteiger partial charge on any atom is -0.261 e.